The van der Waals surface area contributed by atoms with Crippen molar-refractivity contribution < 1.29 is 13.2 Å². The molecule has 1 amide bonds. The lowest BCUT2D eigenvalue weighted by Gasteiger charge is -2.08. The summed E-state index contributed by atoms with van der Waals surface area (Å²) in [5, 5.41) is 7.59. The summed E-state index contributed by atoms with van der Waals surface area (Å²) in [4.78, 5) is 16.0. The highest BCUT2D eigenvalue weighted by Gasteiger charge is 2.13. The highest BCUT2D eigenvalue weighted by molar-refractivity contribution is 7.89. The Bertz CT molecular complexity index is 803. The average Bonchev–Trinajstić information content (AvgIpc) is 2.37. The number of nitrogen functional groups attached to an aromatic ring is 1. The van der Waals surface area contributed by atoms with Crippen LogP contribution in [0.4, 0.5) is 11.4 Å². The second-order valence-corrected chi connectivity index (χ2v) is 6.00. The van der Waals surface area contributed by atoms with Gasteiger partial charge < -0.3 is 11.1 Å². The smallest absolute Gasteiger partial charge is 0.259 e. The van der Waals surface area contributed by atoms with Gasteiger partial charge in [-0.1, -0.05) is 6.07 Å². The van der Waals surface area contributed by atoms with Crippen LogP contribution < -0.4 is 16.2 Å². The second kappa shape index (κ2) is 5.51. The van der Waals surface area contributed by atoms with Crippen LogP contribution in [0.5, 0.6) is 0 Å². The third-order valence-electron chi connectivity index (χ3n) is 2.74. The number of aryl methyl sites for hydroxylation is 1. The maximum Gasteiger partial charge on any atom is 0.259 e. The number of rotatable bonds is 3. The van der Waals surface area contributed by atoms with E-state index < -0.39 is 15.9 Å². The quantitative estimate of drug-likeness (QED) is 0.775. The molecule has 0 spiro atoms. The highest BCUT2D eigenvalue weighted by atomic mass is 32.2. The number of carbonyl (C=O) groups is 1. The molecule has 21 heavy (non-hydrogen) atoms. The van der Waals surface area contributed by atoms with E-state index in [0.717, 1.165) is 0 Å². The van der Waals surface area contributed by atoms with Gasteiger partial charge in [-0.05, 0) is 31.2 Å². The van der Waals surface area contributed by atoms with Crippen molar-refractivity contribution in [1.29, 1.82) is 0 Å². The first kappa shape index (κ1) is 14.9. The van der Waals surface area contributed by atoms with Crippen LogP contribution >= 0.6 is 0 Å². The number of hydrogen-bond acceptors (Lipinski definition) is 5. The molecule has 0 aliphatic carbocycles. The molecule has 0 unspecified atom stereocenters. The summed E-state index contributed by atoms with van der Waals surface area (Å²) >= 11 is 0. The third-order valence-corrected chi connectivity index (χ3v) is 3.65. The van der Waals surface area contributed by atoms with Crippen molar-refractivity contribution in [2.75, 3.05) is 11.1 Å². The molecule has 8 heteroatoms. The molecule has 0 bridgehead atoms. The molecular weight excluding hydrogens is 292 g/mol. The molecule has 5 N–H and O–H groups in total. The molecule has 0 radical (unpaired) electrons. The maximum atomic E-state index is 12.1. The average molecular weight is 306 g/mol. The zero-order valence-electron chi connectivity index (χ0n) is 11.2. The molecular formula is C13H14N4O3S. The largest absolute Gasteiger partial charge is 0.398 e. The lowest BCUT2D eigenvalue weighted by atomic mass is 10.2. The van der Waals surface area contributed by atoms with Crippen molar-refractivity contribution in [3.63, 3.8) is 0 Å². The van der Waals surface area contributed by atoms with Crippen molar-refractivity contribution in [3.05, 3.63) is 47.8 Å². The fourth-order valence-corrected chi connectivity index (χ4v) is 2.28. The minimum Gasteiger partial charge on any atom is -0.398 e. The van der Waals surface area contributed by atoms with Crippen molar-refractivity contribution >= 4 is 27.3 Å². The van der Waals surface area contributed by atoms with Gasteiger partial charge in [0.25, 0.3) is 5.91 Å². The summed E-state index contributed by atoms with van der Waals surface area (Å²) in [5.41, 5.74) is 7.25. The molecule has 2 rings (SSSR count). The van der Waals surface area contributed by atoms with Gasteiger partial charge >= 0.3 is 0 Å². The van der Waals surface area contributed by atoms with E-state index in [2.05, 4.69) is 10.3 Å². The highest BCUT2D eigenvalue weighted by Crippen LogP contribution is 2.17. The monoisotopic (exact) mass is 306 g/mol. The van der Waals surface area contributed by atoms with Crippen LogP contribution in [0.15, 0.2) is 41.4 Å². The maximum absolute atomic E-state index is 12.1. The number of anilines is 2. The number of sulfonamides is 1. The Labute approximate surface area is 122 Å². The third kappa shape index (κ3) is 3.56. The summed E-state index contributed by atoms with van der Waals surface area (Å²) < 4.78 is 22.5. The summed E-state index contributed by atoms with van der Waals surface area (Å²) in [6, 6.07) is 7.21. The number of nitrogens with zero attached hydrogens (tertiary/aromatic N) is 1. The molecule has 110 valence electrons. The number of hydrogen-bond donors (Lipinski definition) is 3. The number of nitrogens with two attached hydrogens (primary N) is 2. The van der Waals surface area contributed by atoms with Gasteiger partial charge in [0.1, 0.15) is 0 Å². The summed E-state index contributed by atoms with van der Waals surface area (Å²) in [5.74, 6) is -0.480. The van der Waals surface area contributed by atoms with Gasteiger partial charge in [-0.15, -0.1) is 0 Å². The van der Waals surface area contributed by atoms with Crippen LogP contribution in [-0.2, 0) is 10.0 Å². The van der Waals surface area contributed by atoms with Gasteiger partial charge in [0.05, 0.1) is 10.5 Å². The Morgan fingerprint density at radius 2 is 2.00 bits per heavy atom. The molecule has 1 aromatic carbocycles. The molecule has 2 aromatic rings. The summed E-state index contributed by atoms with van der Waals surface area (Å²) in [6.45, 7) is 1.76. The van der Waals surface area contributed by atoms with Gasteiger partial charge in [0.15, 0.2) is 0 Å². The predicted molar refractivity (Wildman–Crippen MR) is 79.2 cm³/mol. The molecule has 0 fully saturated rings. The van der Waals surface area contributed by atoms with E-state index in [0.29, 0.717) is 17.1 Å². The minimum atomic E-state index is -3.83. The van der Waals surface area contributed by atoms with E-state index in [1.807, 2.05) is 0 Å². The zero-order chi connectivity index (χ0) is 15.6. The first-order valence-electron chi connectivity index (χ1n) is 5.94. The van der Waals surface area contributed by atoms with Crippen LogP contribution in [0.1, 0.15) is 16.1 Å². The Hall–Kier alpha value is -2.45. The Balaban J connectivity index is 2.28. The van der Waals surface area contributed by atoms with E-state index in [1.165, 1.54) is 24.4 Å². The Kier molecular flexibility index (Phi) is 3.92. The standard InChI is InChI=1S/C13H14N4O3S/c1-8-5-12(14)11(7-16-8)13(18)17-9-3-2-4-10(6-9)21(15,19)20/h2-7H,1H3,(H2,14,16)(H,17,18)(H2,15,19,20). The van der Waals surface area contributed by atoms with Crippen LogP contribution in [0.3, 0.4) is 0 Å². The molecule has 0 aliphatic rings. The van der Waals surface area contributed by atoms with Gasteiger partial charge in [0, 0.05) is 23.3 Å². The number of pyridine rings is 1. The predicted octanol–water partition coefficient (Wildman–Crippen LogP) is 0.872. The van der Waals surface area contributed by atoms with Crippen LogP contribution in [0.25, 0.3) is 0 Å². The molecule has 0 aliphatic heterocycles. The molecule has 0 saturated carbocycles. The normalized spacial score (nSPS) is 11.1. The second-order valence-electron chi connectivity index (χ2n) is 4.44. The first-order valence-corrected chi connectivity index (χ1v) is 7.48. The van der Waals surface area contributed by atoms with Crippen molar-refractivity contribution in [1.82, 2.24) is 4.98 Å². The van der Waals surface area contributed by atoms with Crippen molar-refractivity contribution in [3.8, 4) is 0 Å². The summed E-state index contributed by atoms with van der Waals surface area (Å²) in [7, 11) is -3.83. The zero-order valence-corrected chi connectivity index (χ0v) is 12.0. The molecule has 0 atom stereocenters. The SMILES string of the molecule is Cc1cc(N)c(C(=O)Nc2cccc(S(N)(=O)=O)c2)cn1. The number of primary sulfonamides is 1. The van der Waals surface area contributed by atoms with Gasteiger partial charge in [0.2, 0.25) is 10.0 Å². The Morgan fingerprint density at radius 3 is 2.62 bits per heavy atom. The van der Waals surface area contributed by atoms with Crippen molar-refractivity contribution in [2.45, 2.75) is 11.8 Å². The van der Waals surface area contributed by atoms with Gasteiger partial charge in [-0.2, -0.15) is 0 Å². The number of nitrogens with one attached hydrogen (secondary N) is 1. The minimum absolute atomic E-state index is 0.0877. The van der Waals surface area contributed by atoms with E-state index in [1.54, 1.807) is 19.1 Å². The topological polar surface area (TPSA) is 128 Å². The lowest BCUT2D eigenvalue weighted by Crippen LogP contribution is -2.16. The van der Waals surface area contributed by atoms with Crippen LogP contribution in [0, 0.1) is 6.92 Å². The van der Waals surface area contributed by atoms with E-state index >= 15 is 0 Å². The van der Waals surface area contributed by atoms with Gasteiger partial charge in [-0.3, -0.25) is 9.78 Å². The van der Waals surface area contributed by atoms with E-state index in [9.17, 15) is 13.2 Å². The van der Waals surface area contributed by atoms with Crippen molar-refractivity contribution in [2.24, 2.45) is 5.14 Å². The summed E-state index contributed by atoms with van der Waals surface area (Å²) in [6.07, 6.45) is 1.36. The molecule has 1 aromatic heterocycles. The number of carbonyl (C=O) groups excluding carboxylic acids is 1. The molecule has 1 heterocycles. The van der Waals surface area contributed by atoms with E-state index in [4.69, 9.17) is 10.9 Å². The van der Waals surface area contributed by atoms with Crippen LogP contribution in [0.2, 0.25) is 0 Å². The number of benzene rings is 1. The molecule has 0 saturated heterocycles. The number of aromatic nitrogens is 1. The lowest BCUT2D eigenvalue weighted by molar-refractivity contribution is 0.102. The fraction of sp³-hybridized carbons (Fsp3) is 0.0769. The molecule has 7 nitrogen and oxygen atoms in total. The van der Waals surface area contributed by atoms with E-state index in [-0.39, 0.29) is 10.5 Å². The first-order chi connectivity index (χ1) is 9.77. The fourth-order valence-electron chi connectivity index (χ4n) is 1.72. The number of amides is 1. The van der Waals surface area contributed by atoms with Crippen LogP contribution in [-0.4, -0.2) is 19.3 Å². The van der Waals surface area contributed by atoms with Gasteiger partial charge in [-0.25, -0.2) is 13.6 Å². The Morgan fingerprint density at radius 1 is 1.29 bits per heavy atom.